The van der Waals surface area contributed by atoms with Crippen molar-refractivity contribution >= 4 is 17.5 Å². The van der Waals surface area contributed by atoms with E-state index in [4.69, 9.17) is 9.47 Å². The molecule has 6 nitrogen and oxygen atoms in total. The number of para-hydroxylation sites is 2. The van der Waals surface area contributed by atoms with E-state index in [0.717, 1.165) is 0 Å². The van der Waals surface area contributed by atoms with Gasteiger partial charge in [0.1, 0.15) is 5.75 Å². The monoisotopic (exact) mass is 266 g/mol. The zero-order valence-corrected chi connectivity index (χ0v) is 11.1. The van der Waals surface area contributed by atoms with Crippen molar-refractivity contribution in [1.82, 2.24) is 5.32 Å². The highest BCUT2D eigenvalue weighted by molar-refractivity contribution is 6.39. The topological polar surface area (TPSA) is 76.7 Å². The first-order chi connectivity index (χ1) is 9.19. The van der Waals surface area contributed by atoms with Gasteiger partial charge in [-0.3, -0.25) is 9.59 Å². The molecule has 0 saturated heterocycles. The van der Waals surface area contributed by atoms with Crippen molar-refractivity contribution in [3.63, 3.8) is 0 Å². The largest absolute Gasteiger partial charge is 0.492 e. The minimum atomic E-state index is -0.733. The van der Waals surface area contributed by atoms with Gasteiger partial charge in [-0.1, -0.05) is 12.1 Å². The van der Waals surface area contributed by atoms with Crippen molar-refractivity contribution in [2.75, 3.05) is 32.2 Å². The molecule has 0 aliphatic heterocycles. The summed E-state index contributed by atoms with van der Waals surface area (Å²) in [5.74, 6) is -0.908. The number of methoxy groups -OCH3 is 1. The quantitative estimate of drug-likeness (QED) is 0.589. The summed E-state index contributed by atoms with van der Waals surface area (Å²) in [6, 6.07) is 6.94. The smallest absolute Gasteiger partial charge is 0.313 e. The van der Waals surface area contributed by atoms with Gasteiger partial charge in [-0.2, -0.15) is 0 Å². The second kappa shape index (κ2) is 8.10. The van der Waals surface area contributed by atoms with Crippen LogP contribution in [0.2, 0.25) is 0 Å². The van der Waals surface area contributed by atoms with Crippen LogP contribution in [0.5, 0.6) is 5.75 Å². The molecule has 0 aliphatic rings. The Morgan fingerprint density at radius 3 is 2.63 bits per heavy atom. The third kappa shape index (κ3) is 4.97. The predicted molar refractivity (Wildman–Crippen MR) is 71.1 cm³/mol. The van der Waals surface area contributed by atoms with E-state index >= 15 is 0 Å². The molecule has 1 aromatic rings. The van der Waals surface area contributed by atoms with Crippen LogP contribution in [0, 0.1) is 0 Å². The molecule has 1 rings (SSSR count). The van der Waals surface area contributed by atoms with Crippen LogP contribution >= 0.6 is 0 Å². The summed E-state index contributed by atoms with van der Waals surface area (Å²) in [6.45, 7) is 2.97. The first-order valence-corrected chi connectivity index (χ1v) is 5.99. The van der Waals surface area contributed by atoms with E-state index in [1.54, 1.807) is 24.3 Å². The van der Waals surface area contributed by atoms with Crippen LogP contribution < -0.4 is 15.4 Å². The standard InChI is InChI=1S/C13H18N2O4/c1-3-19-11-7-5-4-6-10(11)15-13(17)12(16)14-8-9-18-2/h4-7H,3,8-9H2,1-2H3,(H,14,16)(H,15,17). The third-order valence-corrected chi connectivity index (χ3v) is 2.23. The third-order valence-electron chi connectivity index (χ3n) is 2.23. The molecule has 0 spiro atoms. The van der Waals surface area contributed by atoms with Gasteiger partial charge in [0.05, 0.1) is 18.9 Å². The van der Waals surface area contributed by atoms with Gasteiger partial charge in [-0.05, 0) is 19.1 Å². The molecule has 0 fully saturated rings. The first-order valence-electron chi connectivity index (χ1n) is 5.99. The summed E-state index contributed by atoms with van der Waals surface area (Å²) in [5, 5.41) is 4.94. The lowest BCUT2D eigenvalue weighted by molar-refractivity contribution is -0.136. The minimum absolute atomic E-state index is 0.288. The molecule has 0 radical (unpaired) electrons. The zero-order valence-electron chi connectivity index (χ0n) is 11.1. The number of rotatable bonds is 6. The Kier molecular flexibility index (Phi) is 6.38. The van der Waals surface area contributed by atoms with Gasteiger partial charge in [-0.25, -0.2) is 0 Å². The summed E-state index contributed by atoms with van der Waals surface area (Å²) >= 11 is 0. The highest BCUT2D eigenvalue weighted by Crippen LogP contribution is 2.23. The van der Waals surface area contributed by atoms with Crippen LogP contribution in [0.1, 0.15) is 6.92 Å². The van der Waals surface area contributed by atoms with Gasteiger partial charge in [0.25, 0.3) is 0 Å². The number of anilines is 1. The van der Waals surface area contributed by atoms with Crippen LogP contribution in [0.3, 0.4) is 0 Å². The van der Waals surface area contributed by atoms with E-state index in [9.17, 15) is 9.59 Å². The van der Waals surface area contributed by atoms with Gasteiger partial charge in [0, 0.05) is 13.7 Å². The fraction of sp³-hybridized carbons (Fsp3) is 0.385. The lowest BCUT2D eigenvalue weighted by Crippen LogP contribution is -2.37. The average molecular weight is 266 g/mol. The number of amides is 2. The lowest BCUT2D eigenvalue weighted by Gasteiger charge is -2.11. The SMILES string of the molecule is CCOc1ccccc1NC(=O)C(=O)NCCOC. The van der Waals surface area contributed by atoms with Gasteiger partial charge in [0.2, 0.25) is 0 Å². The van der Waals surface area contributed by atoms with Crippen molar-refractivity contribution in [2.24, 2.45) is 0 Å². The molecule has 0 aromatic heterocycles. The molecular weight excluding hydrogens is 248 g/mol. The van der Waals surface area contributed by atoms with Crippen molar-refractivity contribution < 1.29 is 19.1 Å². The van der Waals surface area contributed by atoms with Gasteiger partial charge in [0.15, 0.2) is 0 Å². The van der Waals surface area contributed by atoms with E-state index in [1.165, 1.54) is 7.11 Å². The molecule has 0 aliphatic carbocycles. The molecule has 2 N–H and O–H groups in total. The molecule has 0 saturated carbocycles. The Morgan fingerprint density at radius 2 is 1.95 bits per heavy atom. The van der Waals surface area contributed by atoms with Crippen molar-refractivity contribution in [3.8, 4) is 5.75 Å². The molecule has 0 unspecified atom stereocenters. The summed E-state index contributed by atoms with van der Waals surface area (Å²) < 4.78 is 10.1. The predicted octanol–water partition coefficient (Wildman–Crippen LogP) is 0.786. The van der Waals surface area contributed by atoms with Crippen LogP contribution in [0.15, 0.2) is 24.3 Å². The molecule has 0 bridgehead atoms. The Labute approximate surface area is 112 Å². The maximum Gasteiger partial charge on any atom is 0.313 e. The Bertz CT molecular complexity index is 434. The summed E-state index contributed by atoms with van der Waals surface area (Å²) in [4.78, 5) is 23.1. The highest BCUT2D eigenvalue weighted by atomic mass is 16.5. The molecule has 2 amide bonds. The minimum Gasteiger partial charge on any atom is -0.492 e. The van der Waals surface area contributed by atoms with Crippen LogP contribution in [-0.4, -0.2) is 38.7 Å². The van der Waals surface area contributed by atoms with Crippen molar-refractivity contribution in [1.29, 1.82) is 0 Å². The van der Waals surface area contributed by atoms with Crippen LogP contribution in [0.4, 0.5) is 5.69 Å². The lowest BCUT2D eigenvalue weighted by atomic mass is 10.3. The Balaban J connectivity index is 2.58. The van der Waals surface area contributed by atoms with Gasteiger partial charge < -0.3 is 20.1 Å². The van der Waals surface area contributed by atoms with E-state index in [2.05, 4.69) is 10.6 Å². The number of carbonyl (C=O) groups excluding carboxylic acids is 2. The molecule has 1 aromatic carbocycles. The highest BCUT2D eigenvalue weighted by Gasteiger charge is 2.14. The normalized spacial score (nSPS) is 9.79. The Morgan fingerprint density at radius 1 is 1.21 bits per heavy atom. The van der Waals surface area contributed by atoms with Crippen molar-refractivity contribution in [3.05, 3.63) is 24.3 Å². The van der Waals surface area contributed by atoms with Gasteiger partial charge >= 0.3 is 11.8 Å². The fourth-order valence-corrected chi connectivity index (χ4v) is 1.38. The summed E-state index contributed by atoms with van der Waals surface area (Å²) in [6.07, 6.45) is 0. The molecule has 19 heavy (non-hydrogen) atoms. The average Bonchev–Trinajstić information content (AvgIpc) is 2.41. The maximum atomic E-state index is 11.6. The number of ether oxygens (including phenoxy) is 2. The molecule has 0 atom stereocenters. The number of nitrogens with one attached hydrogen (secondary N) is 2. The molecule has 6 heteroatoms. The first kappa shape index (κ1) is 15.0. The summed E-state index contributed by atoms with van der Waals surface area (Å²) in [7, 11) is 1.52. The second-order valence-corrected chi connectivity index (χ2v) is 3.63. The van der Waals surface area contributed by atoms with E-state index in [-0.39, 0.29) is 6.54 Å². The van der Waals surface area contributed by atoms with Crippen LogP contribution in [0.25, 0.3) is 0 Å². The molecule has 0 heterocycles. The fourth-order valence-electron chi connectivity index (χ4n) is 1.38. The second-order valence-electron chi connectivity index (χ2n) is 3.63. The number of hydrogen-bond donors (Lipinski definition) is 2. The number of carbonyl (C=O) groups is 2. The maximum absolute atomic E-state index is 11.6. The van der Waals surface area contributed by atoms with E-state index < -0.39 is 11.8 Å². The zero-order chi connectivity index (χ0) is 14.1. The van der Waals surface area contributed by atoms with Crippen LogP contribution in [-0.2, 0) is 14.3 Å². The molecular formula is C13H18N2O4. The van der Waals surface area contributed by atoms with Gasteiger partial charge in [-0.15, -0.1) is 0 Å². The van der Waals surface area contributed by atoms with E-state index in [1.807, 2.05) is 6.92 Å². The Hall–Kier alpha value is -2.08. The van der Waals surface area contributed by atoms with Crippen molar-refractivity contribution in [2.45, 2.75) is 6.92 Å². The number of benzene rings is 1. The number of hydrogen-bond acceptors (Lipinski definition) is 4. The molecule has 104 valence electrons. The van der Waals surface area contributed by atoms with E-state index in [0.29, 0.717) is 24.7 Å². The summed E-state index contributed by atoms with van der Waals surface area (Å²) in [5.41, 5.74) is 0.469.